The molecular formula is C3H7N3O3. The van der Waals surface area contributed by atoms with E-state index < -0.39 is 12.0 Å². The molecule has 0 spiro atoms. The average molecular weight is 133 g/mol. The van der Waals surface area contributed by atoms with Crippen molar-refractivity contribution in [3.8, 4) is 0 Å². The zero-order valence-electron chi connectivity index (χ0n) is 4.55. The van der Waals surface area contributed by atoms with Crippen molar-refractivity contribution < 1.29 is 14.7 Å². The Morgan fingerprint density at radius 1 is 1.56 bits per heavy atom. The minimum atomic E-state index is -1.38. The molecule has 6 heteroatoms. The van der Waals surface area contributed by atoms with Crippen LogP contribution in [0, 0.1) is 0 Å². The Labute approximate surface area is 51.0 Å². The van der Waals surface area contributed by atoms with Gasteiger partial charge in [0.1, 0.15) is 0 Å². The number of carbonyl (C=O) groups is 2. The second kappa shape index (κ2) is 3.81. The van der Waals surface area contributed by atoms with E-state index in [1.54, 1.807) is 5.32 Å². The Morgan fingerprint density at radius 2 is 2.11 bits per heavy atom. The molecule has 0 aromatic rings. The van der Waals surface area contributed by atoms with Crippen molar-refractivity contribution >= 4 is 12.0 Å². The summed E-state index contributed by atoms with van der Waals surface area (Å²) >= 11 is 0. The molecule has 0 saturated heterocycles. The van der Waals surface area contributed by atoms with Crippen molar-refractivity contribution in [2.45, 2.75) is 0 Å². The fourth-order valence-corrected chi connectivity index (χ4v) is 0.256. The molecule has 5 N–H and O–H groups in total. The summed E-state index contributed by atoms with van der Waals surface area (Å²) in [4.78, 5) is 19.9. The van der Waals surface area contributed by atoms with Crippen LogP contribution in [0.4, 0.5) is 4.79 Å². The van der Waals surface area contributed by atoms with Gasteiger partial charge in [0.05, 0.1) is 6.54 Å². The van der Waals surface area contributed by atoms with Gasteiger partial charge < -0.3 is 5.11 Å². The quantitative estimate of drug-likeness (QED) is 0.264. The maximum absolute atomic E-state index is 10.2. The first-order valence-corrected chi connectivity index (χ1v) is 2.13. The lowest BCUT2D eigenvalue weighted by atomic mass is 10.6. The number of nitrogens with two attached hydrogens (primary N) is 1. The molecule has 0 rings (SSSR count). The highest BCUT2D eigenvalue weighted by molar-refractivity contribution is 5.91. The van der Waals surface area contributed by atoms with Crippen LogP contribution < -0.4 is 16.6 Å². The van der Waals surface area contributed by atoms with Crippen LogP contribution in [0.2, 0.25) is 0 Å². The van der Waals surface area contributed by atoms with Crippen LogP contribution in [0.15, 0.2) is 0 Å². The highest BCUT2D eigenvalue weighted by Crippen LogP contribution is 1.61. The molecular weight excluding hydrogens is 126 g/mol. The number of amides is 2. The van der Waals surface area contributed by atoms with Crippen LogP contribution in [0.3, 0.4) is 0 Å². The lowest BCUT2D eigenvalue weighted by Crippen LogP contribution is -2.39. The van der Waals surface area contributed by atoms with Crippen molar-refractivity contribution in [1.29, 1.82) is 0 Å². The van der Waals surface area contributed by atoms with E-state index in [9.17, 15) is 9.59 Å². The molecule has 0 atom stereocenters. The molecule has 52 valence electrons. The molecule has 0 unspecified atom stereocenters. The van der Waals surface area contributed by atoms with Crippen molar-refractivity contribution in [1.82, 2.24) is 10.7 Å². The molecule has 0 radical (unpaired) electrons. The smallest absolute Gasteiger partial charge is 0.411 e. The Bertz CT molecular complexity index is 123. The van der Waals surface area contributed by atoms with E-state index in [1.807, 2.05) is 5.43 Å². The summed E-state index contributed by atoms with van der Waals surface area (Å²) in [5.74, 6) is 4.03. The Hall–Kier alpha value is -1.14. The van der Waals surface area contributed by atoms with E-state index in [0.29, 0.717) is 0 Å². The second-order valence-corrected chi connectivity index (χ2v) is 1.23. The number of hydrogen-bond donors (Lipinski definition) is 4. The number of hydrogen-bond acceptors (Lipinski definition) is 4. The van der Waals surface area contributed by atoms with Crippen molar-refractivity contribution in [3.05, 3.63) is 0 Å². The Kier molecular flexibility index (Phi) is 3.33. The van der Waals surface area contributed by atoms with Gasteiger partial charge in [0.25, 0.3) is 0 Å². The third-order valence-corrected chi connectivity index (χ3v) is 0.509. The van der Waals surface area contributed by atoms with Crippen LogP contribution in [0.25, 0.3) is 0 Å². The van der Waals surface area contributed by atoms with E-state index in [2.05, 4.69) is 0 Å². The van der Waals surface area contributed by atoms with Crippen LogP contribution in [-0.2, 0) is 4.79 Å². The third-order valence-electron chi connectivity index (χ3n) is 0.509. The van der Waals surface area contributed by atoms with Crippen molar-refractivity contribution in [2.24, 2.45) is 5.84 Å². The van der Waals surface area contributed by atoms with Gasteiger partial charge in [-0.2, -0.15) is 0 Å². The number of hydrazine groups is 1. The van der Waals surface area contributed by atoms with Gasteiger partial charge in [0.2, 0.25) is 5.91 Å². The molecule has 0 heterocycles. The molecule has 9 heavy (non-hydrogen) atoms. The van der Waals surface area contributed by atoms with Gasteiger partial charge in [-0.25, -0.2) is 4.79 Å². The lowest BCUT2D eigenvalue weighted by molar-refractivity contribution is -0.119. The Morgan fingerprint density at radius 3 is 2.44 bits per heavy atom. The van der Waals surface area contributed by atoms with Gasteiger partial charge in [0, 0.05) is 0 Å². The molecule has 0 bridgehead atoms. The summed E-state index contributed by atoms with van der Waals surface area (Å²) in [7, 11) is 0. The first kappa shape index (κ1) is 7.86. The van der Waals surface area contributed by atoms with Crippen molar-refractivity contribution in [3.63, 3.8) is 0 Å². The predicted molar refractivity (Wildman–Crippen MR) is 28.4 cm³/mol. The van der Waals surface area contributed by atoms with Gasteiger partial charge in [-0.3, -0.25) is 21.4 Å². The maximum atomic E-state index is 10.2. The summed E-state index contributed by atoms with van der Waals surface area (Å²) < 4.78 is 0. The van der Waals surface area contributed by atoms with E-state index in [1.165, 1.54) is 0 Å². The number of imide groups is 1. The monoisotopic (exact) mass is 133 g/mol. The van der Waals surface area contributed by atoms with Crippen LogP contribution >= 0.6 is 0 Å². The number of carbonyl (C=O) groups excluding carboxylic acids is 1. The normalized spacial score (nSPS) is 8.56. The van der Waals surface area contributed by atoms with E-state index >= 15 is 0 Å². The highest BCUT2D eigenvalue weighted by atomic mass is 16.4. The SMILES string of the molecule is NNCC(=O)NC(=O)O. The zero-order chi connectivity index (χ0) is 7.28. The molecule has 0 aliphatic rings. The highest BCUT2D eigenvalue weighted by Gasteiger charge is 2.01. The molecule has 0 saturated carbocycles. The van der Waals surface area contributed by atoms with Gasteiger partial charge in [-0.05, 0) is 0 Å². The second-order valence-electron chi connectivity index (χ2n) is 1.23. The summed E-state index contributed by atoms with van der Waals surface area (Å²) in [5.41, 5.74) is 2.00. The van der Waals surface area contributed by atoms with Crippen LogP contribution in [0.1, 0.15) is 0 Å². The van der Waals surface area contributed by atoms with Gasteiger partial charge in [-0.15, -0.1) is 0 Å². The number of carboxylic acid groups (broad SMARTS) is 1. The molecule has 0 aliphatic heterocycles. The molecule has 0 aromatic heterocycles. The topological polar surface area (TPSA) is 104 Å². The third kappa shape index (κ3) is 4.72. The first-order valence-electron chi connectivity index (χ1n) is 2.13. The lowest BCUT2D eigenvalue weighted by Gasteiger charge is -1.95. The van der Waals surface area contributed by atoms with Gasteiger partial charge in [-0.1, -0.05) is 0 Å². The standard InChI is InChI=1S/C3H7N3O3/c4-5-1-2(7)6-3(8)9/h5H,1,4H2,(H,6,7)(H,8,9). The summed E-state index contributed by atoms with van der Waals surface area (Å²) in [6.45, 7) is -0.202. The Balaban J connectivity index is 3.39. The average Bonchev–Trinajstić information content (AvgIpc) is 1.63. The van der Waals surface area contributed by atoms with Gasteiger partial charge >= 0.3 is 6.09 Å². The first-order chi connectivity index (χ1) is 4.16. The summed E-state index contributed by atoms with van der Waals surface area (Å²) in [5, 5.41) is 9.49. The molecule has 0 aromatic carbocycles. The van der Waals surface area contributed by atoms with Gasteiger partial charge in [0.15, 0.2) is 0 Å². The molecule has 2 amide bonds. The minimum absolute atomic E-state index is 0.202. The fourth-order valence-electron chi connectivity index (χ4n) is 0.256. The zero-order valence-corrected chi connectivity index (χ0v) is 4.55. The predicted octanol–water partition coefficient (Wildman–Crippen LogP) is -1.76. The number of rotatable bonds is 2. The number of nitrogens with one attached hydrogen (secondary N) is 2. The van der Waals surface area contributed by atoms with Crippen molar-refractivity contribution in [2.75, 3.05) is 6.54 Å². The fraction of sp³-hybridized carbons (Fsp3) is 0.333. The molecule has 0 aliphatic carbocycles. The summed E-state index contributed by atoms with van der Waals surface area (Å²) in [6, 6.07) is 0. The maximum Gasteiger partial charge on any atom is 0.411 e. The van der Waals surface area contributed by atoms with E-state index in [0.717, 1.165) is 0 Å². The molecule has 6 nitrogen and oxygen atoms in total. The largest absolute Gasteiger partial charge is 0.465 e. The summed E-state index contributed by atoms with van der Waals surface area (Å²) in [6.07, 6.45) is -1.38. The van der Waals surface area contributed by atoms with E-state index in [4.69, 9.17) is 10.9 Å². The van der Waals surface area contributed by atoms with Crippen LogP contribution in [-0.4, -0.2) is 23.7 Å². The molecule has 0 fully saturated rings. The van der Waals surface area contributed by atoms with E-state index in [-0.39, 0.29) is 6.54 Å². The minimum Gasteiger partial charge on any atom is -0.465 e. The van der Waals surface area contributed by atoms with Crippen LogP contribution in [0.5, 0.6) is 0 Å².